The van der Waals surface area contributed by atoms with Gasteiger partial charge in [0.25, 0.3) is 0 Å². The van der Waals surface area contributed by atoms with E-state index in [9.17, 15) is 34.2 Å². The second kappa shape index (κ2) is 26.3. The maximum absolute atomic E-state index is 12.1. The van der Waals surface area contributed by atoms with Crippen LogP contribution in [0.1, 0.15) is 116 Å². The van der Waals surface area contributed by atoms with E-state index >= 15 is 0 Å². The smallest absolute Gasteiger partial charge is 0.326 e. The Balaban J connectivity index is 2.01. The molecular weight excluding hydrogens is 604 g/mol. The minimum Gasteiger partial charge on any atom is -0.480 e. The van der Waals surface area contributed by atoms with Crippen molar-refractivity contribution in [2.24, 2.45) is 0 Å². The summed E-state index contributed by atoms with van der Waals surface area (Å²) in [5, 5.41) is 29.6. The zero-order chi connectivity index (χ0) is 34.7. The number of hydrogen-bond donors (Lipinski definition) is 6. The Kier molecular flexibility index (Phi) is 23.1. The van der Waals surface area contributed by atoms with Crippen LogP contribution in [0, 0.1) is 0 Å². The average Bonchev–Trinajstić information content (AvgIpc) is 3.01. The lowest BCUT2D eigenvalue weighted by molar-refractivity contribution is -0.140. The number of nitrogens with zero attached hydrogens (tertiary/aromatic N) is 2. The van der Waals surface area contributed by atoms with Crippen molar-refractivity contribution in [3.63, 3.8) is 0 Å². The van der Waals surface area contributed by atoms with E-state index in [2.05, 4.69) is 26.3 Å². The number of carbonyl (C=O) groups excluding carboxylic acids is 3. The molecular formula is C34H58N6O7. The molecule has 0 spiro atoms. The first-order chi connectivity index (χ1) is 22.6. The second-order valence-corrected chi connectivity index (χ2v) is 12.1. The summed E-state index contributed by atoms with van der Waals surface area (Å²) in [7, 11) is 0. The molecule has 0 radical (unpaired) electrons. The van der Waals surface area contributed by atoms with Crippen LogP contribution in [0.2, 0.25) is 0 Å². The number of aliphatic carboxylic acids is 2. The summed E-state index contributed by atoms with van der Waals surface area (Å²) in [6, 6.07) is 4.15. The normalized spacial score (nSPS) is 12.2. The van der Waals surface area contributed by atoms with Gasteiger partial charge in [0.15, 0.2) is 0 Å². The Bertz CT molecular complexity index is 1040. The van der Waals surface area contributed by atoms with Crippen LogP contribution in [-0.2, 0) is 25.7 Å². The van der Waals surface area contributed by atoms with Gasteiger partial charge in [-0.25, -0.2) is 9.59 Å². The molecule has 0 fully saturated rings. The van der Waals surface area contributed by atoms with E-state index in [1.54, 1.807) is 6.20 Å². The fraction of sp³-hybridized carbons (Fsp3) is 0.706. The van der Waals surface area contributed by atoms with Crippen LogP contribution in [0.3, 0.4) is 0 Å². The molecule has 2 unspecified atom stereocenters. The fourth-order valence-corrected chi connectivity index (χ4v) is 5.16. The van der Waals surface area contributed by atoms with Crippen molar-refractivity contribution in [1.82, 2.24) is 31.2 Å². The van der Waals surface area contributed by atoms with Crippen LogP contribution >= 0.6 is 0 Å². The third kappa shape index (κ3) is 23.3. The maximum atomic E-state index is 12.1. The number of urea groups is 1. The van der Waals surface area contributed by atoms with E-state index in [0.29, 0.717) is 51.9 Å². The third-order valence-electron chi connectivity index (χ3n) is 7.70. The summed E-state index contributed by atoms with van der Waals surface area (Å²) in [4.78, 5) is 65.0. The quantitative estimate of drug-likeness (QED) is 0.0714. The Hall–Kier alpha value is -3.74. The number of amides is 4. The maximum Gasteiger partial charge on any atom is 0.326 e. The first kappa shape index (κ1) is 41.3. The first-order valence-corrected chi connectivity index (χ1v) is 17.3. The minimum absolute atomic E-state index is 0.0148. The van der Waals surface area contributed by atoms with Crippen LogP contribution in [0.15, 0.2) is 24.4 Å². The molecule has 2 atom stereocenters. The molecule has 13 nitrogen and oxygen atoms in total. The van der Waals surface area contributed by atoms with Gasteiger partial charge in [0.2, 0.25) is 11.8 Å². The summed E-state index contributed by atoms with van der Waals surface area (Å²) < 4.78 is 0. The van der Waals surface area contributed by atoms with Crippen molar-refractivity contribution in [3.8, 4) is 0 Å². The molecule has 0 aliphatic rings. The lowest BCUT2D eigenvalue weighted by atomic mass is 10.1. The molecule has 6 N–H and O–H groups in total. The van der Waals surface area contributed by atoms with Gasteiger partial charge in [-0.1, -0.05) is 45.1 Å². The SMILES string of the molecule is CCCC(C)NC(=O)NC(CCCCNC(=O)CCCCCCC(=O)NCCCCCCN(CC(=O)O)Cc1ccccn1)C(=O)O. The number of rotatable bonds is 28. The van der Waals surface area contributed by atoms with E-state index in [1.165, 1.54) is 0 Å². The Morgan fingerprint density at radius 1 is 0.787 bits per heavy atom. The monoisotopic (exact) mass is 662 g/mol. The van der Waals surface area contributed by atoms with E-state index in [0.717, 1.165) is 69.9 Å². The molecule has 0 aliphatic heterocycles. The molecule has 1 aromatic heterocycles. The molecule has 0 aromatic carbocycles. The van der Waals surface area contributed by atoms with Gasteiger partial charge >= 0.3 is 18.0 Å². The third-order valence-corrected chi connectivity index (χ3v) is 7.70. The zero-order valence-corrected chi connectivity index (χ0v) is 28.4. The Morgan fingerprint density at radius 2 is 1.40 bits per heavy atom. The molecule has 1 aromatic rings. The largest absolute Gasteiger partial charge is 0.480 e. The Morgan fingerprint density at radius 3 is 1.98 bits per heavy atom. The molecule has 0 bridgehead atoms. The highest BCUT2D eigenvalue weighted by molar-refractivity contribution is 5.82. The number of pyridine rings is 1. The predicted octanol–water partition coefficient (Wildman–Crippen LogP) is 4.21. The zero-order valence-electron chi connectivity index (χ0n) is 28.4. The van der Waals surface area contributed by atoms with Crippen molar-refractivity contribution < 1.29 is 34.2 Å². The lowest BCUT2D eigenvalue weighted by Crippen LogP contribution is -2.48. The highest BCUT2D eigenvalue weighted by Crippen LogP contribution is 2.08. The van der Waals surface area contributed by atoms with Gasteiger partial charge in [0, 0.05) is 44.7 Å². The van der Waals surface area contributed by atoms with Gasteiger partial charge in [-0.05, 0) is 77.0 Å². The Labute approximate surface area is 280 Å². The first-order valence-electron chi connectivity index (χ1n) is 17.3. The van der Waals surface area contributed by atoms with E-state index in [1.807, 2.05) is 36.9 Å². The number of carboxylic acid groups (broad SMARTS) is 2. The molecule has 0 saturated heterocycles. The van der Waals surface area contributed by atoms with Gasteiger partial charge in [-0.3, -0.25) is 24.3 Å². The van der Waals surface area contributed by atoms with E-state index in [4.69, 9.17) is 0 Å². The van der Waals surface area contributed by atoms with Gasteiger partial charge in [-0.2, -0.15) is 0 Å². The molecule has 47 heavy (non-hydrogen) atoms. The number of hydrogen-bond acceptors (Lipinski definition) is 7. The van der Waals surface area contributed by atoms with Crippen molar-refractivity contribution in [2.75, 3.05) is 26.2 Å². The van der Waals surface area contributed by atoms with Crippen molar-refractivity contribution in [2.45, 2.75) is 129 Å². The summed E-state index contributed by atoms with van der Waals surface area (Å²) in [5.41, 5.74) is 0.852. The van der Waals surface area contributed by atoms with E-state index < -0.39 is 24.0 Å². The molecule has 1 heterocycles. The van der Waals surface area contributed by atoms with Crippen LogP contribution in [0.25, 0.3) is 0 Å². The molecule has 1 rings (SSSR count). The van der Waals surface area contributed by atoms with Gasteiger partial charge in [0.1, 0.15) is 6.04 Å². The summed E-state index contributed by atoms with van der Waals surface area (Å²) in [5.74, 6) is -1.92. The van der Waals surface area contributed by atoms with Crippen molar-refractivity contribution >= 4 is 29.8 Å². The van der Waals surface area contributed by atoms with Crippen LogP contribution in [0.4, 0.5) is 4.79 Å². The van der Waals surface area contributed by atoms with Crippen molar-refractivity contribution in [3.05, 3.63) is 30.1 Å². The highest BCUT2D eigenvalue weighted by atomic mass is 16.4. The number of unbranched alkanes of at least 4 members (excludes halogenated alkanes) is 7. The summed E-state index contributed by atoms with van der Waals surface area (Å²) >= 11 is 0. The molecule has 0 saturated carbocycles. The number of carboxylic acids is 2. The lowest BCUT2D eigenvalue weighted by Gasteiger charge is -2.19. The fourth-order valence-electron chi connectivity index (χ4n) is 5.16. The number of carbonyl (C=O) groups is 5. The predicted molar refractivity (Wildman–Crippen MR) is 181 cm³/mol. The standard InChI is InChI=1S/C34H58N6O7/c1-3-16-27(2)38-34(47)39-29(33(45)46)18-11-14-23-37-31(42)20-9-5-4-8-19-30(41)36-22-12-6-7-15-24-40(26-32(43)44)25-28-17-10-13-21-35-28/h10,13,17,21,27,29H,3-9,11-12,14-16,18-20,22-26H2,1-2H3,(H,36,41)(H,37,42)(H,43,44)(H,45,46)(H2,38,39,47). The minimum atomic E-state index is -1.08. The molecule has 266 valence electrons. The molecule has 4 amide bonds. The van der Waals surface area contributed by atoms with Crippen LogP contribution in [0.5, 0.6) is 0 Å². The summed E-state index contributed by atoms with van der Waals surface area (Å²) in [6.45, 7) is 6.16. The number of aromatic nitrogens is 1. The number of nitrogens with one attached hydrogen (secondary N) is 4. The van der Waals surface area contributed by atoms with Gasteiger partial charge in [-0.15, -0.1) is 0 Å². The topological polar surface area (TPSA) is 190 Å². The van der Waals surface area contributed by atoms with Crippen LogP contribution in [-0.4, -0.2) is 88.1 Å². The van der Waals surface area contributed by atoms with Crippen molar-refractivity contribution in [1.29, 1.82) is 0 Å². The van der Waals surface area contributed by atoms with Gasteiger partial charge in [0.05, 0.1) is 12.2 Å². The molecule has 13 heteroatoms. The van der Waals surface area contributed by atoms with Crippen LogP contribution < -0.4 is 21.3 Å². The molecule has 0 aliphatic carbocycles. The summed E-state index contributed by atoms with van der Waals surface area (Å²) in [6.07, 6.45) is 12.8. The van der Waals surface area contributed by atoms with Gasteiger partial charge < -0.3 is 31.5 Å². The second-order valence-electron chi connectivity index (χ2n) is 12.1. The van der Waals surface area contributed by atoms with E-state index in [-0.39, 0.29) is 30.8 Å². The highest BCUT2D eigenvalue weighted by Gasteiger charge is 2.20. The average molecular weight is 663 g/mol.